The van der Waals surface area contributed by atoms with Gasteiger partial charge in [0.25, 0.3) is 5.91 Å². The lowest BCUT2D eigenvalue weighted by atomic mass is 10.1. The molecule has 22 heavy (non-hydrogen) atoms. The van der Waals surface area contributed by atoms with Crippen LogP contribution in [0.25, 0.3) is 11.0 Å². The van der Waals surface area contributed by atoms with E-state index >= 15 is 0 Å². The first-order valence-electron chi connectivity index (χ1n) is 6.69. The third-order valence-corrected chi connectivity index (χ3v) is 3.28. The van der Waals surface area contributed by atoms with E-state index in [1.165, 1.54) is 12.1 Å². The minimum absolute atomic E-state index is 0.00221. The maximum atomic E-state index is 13.5. The number of hydrogen-bond donors (Lipinski definition) is 1. The van der Waals surface area contributed by atoms with Gasteiger partial charge in [-0.2, -0.15) is 0 Å². The average Bonchev–Trinajstić information content (AvgIpc) is 2.53. The summed E-state index contributed by atoms with van der Waals surface area (Å²) in [6.07, 6.45) is 0. The number of carbonyl (C=O) groups excluding carboxylic acids is 1. The molecule has 3 aromatic rings. The van der Waals surface area contributed by atoms with Gasteiger partial charge < -0.3 is 9.73 Å². The standard InChI is InChI=1S/C17H12FNO3/c18-14-7-3-1-6-12(14)10-19-16(20)13-9-11-5-2-4-8-15(11)22-17(13)21/h1-9H,10H2,(H,19,20). The van der Waals surface area contributed by atoms with Crippen molar-refractivity contribution in [2.24, 2.45) is 0 Å². The Balaban J connectivity index is 1.85. The molecule has 1 heterocycles. The van der Waals surface area contributed by atoms with Crippen LogP contribution >= 0.6 is 0 Å². The van der Waals surface area contributed by atoms with Crippen molar-refractivity contribution in [3.8, 4) is 0 Å². The van der Waals surface area contributed by atoms with Gasteiger partial charge in [0.1, 0.15) is 17.0 Å². The molecule has 4 nitrogen and oxygen atoms in total. The van der Waals surface area contributed by atoms with Crippen molar-refractivity contribution >= 4 is 16.9 Å². The van der Waals surface area contributed by atoms with Gasteiger partial charge >= 0.3 is 5.63 Å². The monoisotopic (exact) mass is 297 g/mol. The molecule has 0 saturated heterocycles. The van der Waals surface area contributed by atoms with Crippen LogP contribution in [-0.2, 0) is 6.54 Å². The molecule has 1 N–H and O–H groups in total. The smallest absolute Gasteiger partial charge is 0.349 e. The molecule has 2 aromatic carbocycles. The maximum Gasteiger partial charge on any atom is 0.349 e. The van der Waals surface area contributed by atoms with Crippen LogP contribution in [0.3, 0.4) is 0 Å². The van der Waals surface area contributed by atoms with Crippen LogP contribution in [0.2, 0.25) is 0 Å². The van der Waals surface area contributed by atoms with E-state index in [9.17, 15) is 14.0 Å². The van der Waals surface area contributed by atoms with E-state index in [0.717, 1.165) is 0 Å². The first kappa shape index (κ1) is 14.0. The first-order valence-corrected chi connectivity index (χ1v) is 6.69. The average molecular weight is 297 g/mol. The minimum atomic E-state index is -0.718. The van der Waals surface area contributed by atoms with E-state index in [0.29, 0.717) is 16.5 Å². The minimum Gasteiger partial charge on any atom is -0.422 e. The molecule has 1 amide bonds. The maximum absolute atomic E-state index is 13.5. The summed E-state index contributed by atoms with van der Waals surface area (Å²) in [6, 6.07) is 14.5. The van der Waals surface area contributed by atoms with Crippen molar-refractivity contribution in [1.29, 1.82) is 0 Å². The molecule has 0 atom stereocenters. The third kappa shape index (κ3) is 2.74. The highest BCUT2D eigenvalue weighted by molar-refractivity contribution is 5.96. The zero-order valence-electron chi connectivity index (χ0n) is 11.5. The summed E-state index contributed by atoms with van der Waals surface area (Å²) in [5.74, 6) is -1.00. The number of carbonyl (C=O) groups is 1. The lowest BCUT2D eigenvalue weighted by molar-refractivity contribution is 0.0947. The Morgan fingerprint density at radius 2 is 1.82 bits per heavy atom. The van der Waals surface area contributed by atoms with Crippen LogP contribution in [0.5, 0.6) is 0 Å². The molecule has 0 saturated carbocycles. The second kappa shape index (κ2) is 5.81. The van der Waals surface area contributed by atoms with Gasteiger partial charge in [-0.15, -0.1) is 0 Å². The summed E-state index contributed by atoms with van der Waals surface area (Å²) in [7, 11) is 0. The molecular formula is C17H12FNO3. The second-order valence-electron chi connectivity index (χ2n) is 4.76. The molecule has 0 aliphatic rings. The molecule has 0 aliphatic heterocycles. The van der Waals surface area contributed by atoms with Crippen molar-refractivity contribution in [3.63, 3.8) is 0 Å². The summed E-state index contributed by atoms with van der Waals surface area (Å²) in [5, 5.41) is 3.17. The zero-order valence-corrected chi connectivity index (χ0v) is 11.5. The number of nitrogens with one attached hydrogen (secondary N) is 1. The Hall–Kier alpha value is -2.95. The van der Waals surface area contributed by atoms with Gasteiger partial charge in [0.05, 0.1) is 0 Å². The zero-order chi connectivity index (χ0) is 15.5. The fourth-order valence-electron chi connectivity index (χ4n) is 2.13. The van der Waals surface area contributed by atoms with Gasteiger partial charge in [-0.25, -0.2) is 9.18 Å². The lowest BCUT2D eigenvalue weighted by Crippen LogP contribution is -2.28. The number of benzene rings is 2. The van der Waals surface area contributed by atoms with Crippen molar-refractivity contribution in [3.05, 3.63) is 82.0 Å². The molecule has 0 fully saturated rings. The Kier molecular flexibility index (Phi) is 3.70. The van der Waals surface area contributed by atoms with Crippen LogP contribution in [-0.4, -0.2) is 5.91 Å². The molecule has 0 spiro atoms. The number of fused-ring (bicyclic) bond motifs is 1. The Bertz CT molecular complexity index is 902. The summed E-state index contributed by atoms with van der Waals surface area (Å²) < 4.78 is 18.6. The van der Waals surface area contributed by atoms with Crippen molar-refractivity contribution in [2.75, 3.05) is 0 Å². The number of hydrogen-bond acceptors (Lipinski definition) is 3. The predicted molar refractivity (Wildman–Crippen MR) is 80.1 cm³/mol. The molecule has 0 bridgehead atoms. The van der Waals surface area contributed by atoms with E-state index in [2.05, 4.69) is 5.32 Å². The molecule has 3 rings (SSSR count). The molecule has 1 aromatic heterocycles. The summed E-state index contributed by atoms with van der Waals surface area (Å²) in [5.41, 5.74) is -0.0565. The summed E-state index contributed by atoms with van der Waals surface area (Å²) in [4.78, 5) is 24.0. The fraction of sp³-hybridized carbons (Fsp3) is 0.0588. The number of para-hydroxylation sites is 1. The van der Waals surface area contributed by atoms with Gasteiger partial charge in [0.15, 0.2) is 0 Å². The number of rotatable bonds is 3. The highest BCUT2D eigenvalue weighted by atomic mass is 19.1. The fourth-order valence-corrected chi connectivity index (χ4v) is 2.13. The summed E-state index contributed by atoms with van der Waals surface area (Å²) >= 11 is 0. The number of halogens is 1. The largest absolute Gasteiger partial charge is 0.422 e. The van der Waals surface area contributed by atoms with Crippen LogP contribution in [0, 0.1) is 5.82 Å². The molecule has 0 unspecified atom stereocenters. The van der Waals surface area contributed by atoms with Gasteiger partial charge in [-0.05, 0) is 18.2 Å². The van der Waals surface area contributed by atoms with Crippen LogP contribution < -0.4 is 10.9 Å². The molecule has 110 valence electrons. The SMILES string of the molecule is O=C(NCc1ccccc1F)c1cc2ccccc2oc1=O. The first-order chi connectivity index (χ1) is 10.6. The van der Waals surface area contributed by atoms with Crippen molar-refractivity contribution in [2.45, 2.75) is 6.54 Å². The topological polar surface area (TPSA) is 59.3 Å². The van der Waals surface area contributed by atoms with E-state index in [1.54, 1.807) is 42.5 Å². The Morgan fingerprint density at radius 1 is 1.09 bits per heavy atom. The molecular weight excluding hydrogens is 285 g/mol. The van der Waals surface area contributed by atoms with E-state index in [-0.39, 0.29) is 12.1 Å². The van der Waals surface area contributed by atoms with Crippen LogP contribution in [0.4, 0.5) is 4.39 Å². The highest BCUT2D eigenvalue weighted by Gasteiger charge is 2.13. The number of amides is 1. The lowest BCUT2D eigenvalue weighted by Gasteiger charge is -2.06. The van der Waals surface area contributed by atoms with E-state index in [1.807, 2.05) is 0 Å². The third-order valence-electron chi connectivity index (χ3n) is 3.28. The van der Waals surface area contributed by atoms with Crippen molar-refractivity contribution in [1.82, 2.24) is 5.32 Å². The van der Waals surface area contributed by atoms with E-state index in [4.69, 9.17) is 4.42 Å². The highest BCUT2D eigenvalue weighted by Crippen LogP contribution is 2.13. The van der Waals surface area contributed by atoms with Crippen molar-refractivity contribution < 1.29 is 13.6 Å². The quantitative estimate of drug-likeness (QED) is 0.756. The molecule has 5 heteroatoms. The Morgan fingerprint density at radius 3 is 2.64 bits per heavy atom. The molecule has 0 aliphatic carbocycles. The molecule has 0 radical (unpaired) electrons. The van der Waals surface area contributed by atoms with Crippen LogP contribution in [0.1, 0.15) is 15.9 Å². The van der Waals surface area contributed by atoms with Gasteiger partial charge in [0, 0.05) is 17.5 Å². The van der Waals surface area contributed by atoms with Gasteiger partial charge in [-0.3, -0.25) is 4.79 Å². The summed E-state index contributed by atoms with van der Waals surface area (Å²) in [6.45, 7) is -0.00221. The van der Waals surface area contributed by atoms with Gasteiger partial charge in [-0.1, -0.05) is 36.4 Å². The normalized spacial score (nSPS) is 10.6. The van der Waals surface area contributed by atoms with Gasteiger partial charge in [0.2, 0.25) is 0 Å². The van der Waals surface area contributed by atoms with E-state index < -0.39 is 17.3 Å². The Labute approximate surface area is 125 Å². The van der Waals surface area contributed by atoms with Crippen LogP contribution in [0.15, 0.2) is 63.8 Å². The second-order valence-corrected chi connectivity index (χ2v) is 4.76. The predicted octanol–water partition coefficient (Wildman–Crippen LogP) is 2.86.